The van der Waals surface area contributed by atoms with Gasteiger partial charge in [0, 0.05) is 17.8 Å². The van der Waals surface area contributed by atoms with Crippen LogP contribution < -0.4 is 0 Å². The average Bonchev–Trinajstić information content (AvgIpc) is 2.96. The van der Waals surface area contributed by atoms with Crippen molar-refractivity contribution >= 4 is 57.6 Å². The summed E-state index contributed by atoms with van der Waals surface area (Å²) in [4.78, 5) is 26.2. The van der Waals surface area contributed by atoms with Crippen molar-refractivity contribution in [3.63, 3.8) is 0 Å². The summed E-state index contributed by atoms with van der Waals surface area (Å²) in [6.07, 6.45) is 4.27. The van der Waals surface area contributed by atoms with Crippen LogP contribution in [0.2, 0.25) is 0 Å². The highest BCUT2D eigenvalue weighted by Crippen LogP contribution is 2.34. The van der Waals surface area contributed by atoms with E-state index in [2.05, 4.69) is 0 Å². The van der Waals surface area contributed by atoms with Gasteiger partial charge in [-0.05, 0) is 42.9 Å². The SMILES string of the molecule is Cc1ccsc1/C=C1\SC(=S)N(CCCCCC(=O)O)C1=O. The van der Waals surface area contributed by atoms with Gasteiger partial charge in [0.1, 0.15) is 4.32 Å². The van der Waals surface area contributed by atoms with Crippen LogP contribution in [0.3, 0.4) is 0 Å². The number of aryl methyl sites for hydroxylation is 1. The summed E-state index contributed by atoms with van der Waals surface area (Å²) in [5.74, 6) is -0.819. The van der Waals surface area contributed by atoms with E-state index in [0.29, 0.717) is 22.2 Å². The van der Waals surface area contributed by atoms with Crippen molar-refractivity contribution in [3.05, 3.63) is 26.8 Å². The lowest BCUT2D eigenvalue weighted by Gasteiger charge is -2.13. The number of amides is 1. The molecule has 1 amide bonds. The second-order valence-corrected chi connectivity index (χ2v) is 7.63. The van der Waals surface area contributed by atoms with Crippen LogP contribution in [0.5, 0.6) is 0 Å². The zero-order valence-corrected chi connectivity index (χ0v) is 14.7. The number of rotatable bonds is 7. The number of carbonyl (C=O) groups is 2. The highest BCUT2D eigenvalue weighted by atomic mass is 32.2. The van der Waals surface area contributed by atoms with E-state index in [1.165, 1.54) is 11.8 Å². The number of hydrogen-bond donors (Lipinski definition) is 1. The Hall–Kier alpha value is -1.18. The Kier molecular flexibility index (Phi) is 6.16. The van der Waals surface area contributed by atoms with Crippen LogP contribution >= 0.6 is 35.3 Å². The van der Waals surface area contributed by atoms with Gasteiger partial charge in [0.25, 0.3) is 5.91 Å². The number of unbranched alkanes of at least 4 members (excludes halogenated alkanes) is 2. The molecule has 22 heavy (non-hydrogen) atoms. The molecule has 1 N–H and O–H groups in total. The van der Waals surface area contributed by atoms with Gasteiger partial charge in [-0.3, -0.25) is 14.5 Å². The van der Waals surface area contributed by atoms with Crippen molar-refractivity contribution in [1.29, 1.82) is 0 Å². The predicted octanol–water partition coefficient (Wildman–Crippen LogP) is 3.90. The molecule has 1 aliphatic heterocycles. The quantitative estimate of drug-likeness (QED) is 0.457. The number of carboxylic acid groups (broad SMARTS) is 1. The summed E-state index contributed by atoms with van der Waals surface area (Å²) in [7, 11) is 0. The van der Waals surface area contributed by atoms with Crippen LogP contribution in [0.15, 0.2) is 16.4 Å². The fourth-order valence-corrected chi connectivity index (χ4v) is 4.29. The van der Waals surface area contributed by atoms with Gasteiger partial charge in [-0.2, -0.15) is 0 Å². The minimum atomic E-state index is -0.778. The van der Waals surface area contributed by atoms with Crippen LogP contribution in [0.1, 0.15) is 36.1 Å². The molecule has 0 aliphatic carbocycles. The number of thiophene rings is 1. The van der Waals surface area contributed by atoms with Crippen molar-refractivity contribution in [1.82, 2.24) is 4.90 Å². The smallest absolute Gasteiger partial charge is 0.303 e. The molecule has 0 atom stereocenters. The summed E-state index contributed by atoms with van der Waals surface area (Å²) >= 11 is 8.23. The van der Waals surface area contributed by atoms with Crippen LogP contribution in [-0.2, 0) is 9.59 Å². The molecule has 1 fully saturated rings. The molecule has 2 rings (SSSR count). The highest BCUT2D eigenvalue weighted by Gasteiger charge is 2.31. The highest BCUT2D eigenvalue weighted by molar-refractivity contribution is 8.26. The Balaban J connectivity index is 1.90. The van der Waals surface area contributed by atoms with Crippen molar-refractivity contribution in [2.45, 2.75) is 32.6 Å². The maximum atomic E-state index is 12.4. The predicted molar refractivity (Wildman–Crippen MR) is 95.0 cm³/mol. The molecule has 1 aromatic heterocycles. The number of thiocarbonyl (C=S) groups is 1. The van der Waals surface area contributed by atoms with Gasteiger partial charge in [-0.1, -0.05) is 30.4 Å². The summed E-state index contributed by atoms with van der Waals surface area (Å²) in [6.45, 7) is 2.58. The lowest BCUT2D eigenvalue weighted by atomic mass is 10.2. The molecule has 0 spiro atoms. The number of carboxylic acids is 1. The van der Waals surface area contributed by atoms with Crippen molar-refractivity contribution in [2.24, 2.45) is 0 Å². The lowest BCUT2D eigenvalue weighted by molar-refractivity contribution is -0.137. The Morgan fingerprint density at radius 1 is 1.41 bits per heavy atom. The minimum absolute atomic E-state index is 0.0407. The van der Waals surface area contributed by atoms with Gasteiger partial charge < -0.3 is 5.11 Å². The maximum absolute atomic E-state index is 12.4. The standard InChI is InChI=1S/C15H17NO3S3/c1-10-6-8-21-11(10)9-12-14(19)16(15(20)22-12)7-4-2-3-5-13(17)18/h6,8-9H,2-5,7H2,1H3,(H,17,18)/b12-9-. The Morgan fingerprint density at radius 2 is 2.18 bits per heavy atom. The zero-order valence-electron chi connectivity index (χ0n) is 12.2. The first-order valence-corrected chi connectivity index (χ1v) is 9.10. The third-order valence-electron chi connectivity index (χ3n) is 3.31. The van der Waals surface area contributed by atoms with Gasteiger partial charge in [-0.15, -0.1) is 11.3 Å². The van der Waals surface area contributed by atoms with E-state index in [-0.39, 0.29) is 12.3 Å². The lowest BCUT2D eigenvalue weighted by Crippen LogP contribution is -2.29. The fraction of sp³-hybridized carbons (Fsp3) is 0.400. The Bertz CT molecular complexity index is 621. The molecule has 2 heterocycles. The summed E-state index contributed by atoms with van der Waals surface area (Å²) in [5.41, 5.74) is 1.16. The Labute approximate surface area is 143 Å². The molecule has 0 bridgehead atoms. The van der Waals surface area contributed by atoms with Crippen LogP contribution in [0.4, 0.5) is 0 Å². The van der Waals surface area contributed by atoms with E-state index in [1.54, 1.807) is 16.2 Å². The molecule has 7 heteroatoms. The van der Waals surface area contributed by atoms with E-state index in [0.717, 1.165) is 23.3 Å². The third kappa shape index (κ3) is 4.41. The van der Waals surface area contributed by atoms with E-state index in [4.69, 9.17) is 17.3 Å². The van der Waals surface area contributed by atoms with E-state index >= 15 is 0 Å². The molecule has 0 radical (unpaired) electrons. The number of nitrogens with zero attached hydrogens (tertiary/aromatic N) is 1. The number of thioether (sulfide) groups is 1. The van der Waals surface area contributed by atoms with Gasteiger partial charge in [0.2, 0.25) is 0 Å². The van der Waals surface area contributed by atoms with E-state index in [1.807, 2.05) is 24.4 Å². The third-order valence-corrected chi connectivity index (χ3v) is 5.65. The number of hydrogen-bond acceptors (Lipinski definition) is 5. The molecule has 1 aromatic rings. The van der Waals surface area contributed by atoms with Crippen LogP contribution in [-0.4, -0.2) is 32.7 Å². The van der Waals surface area contributed by atoms with Crippen molar-refractivity contribution in [2.75, 3.05) is 6.54 Å². The molecular weight excluding hydrogens is 338 g/mol. The first-order chi connectivity index (χ1) is 10.5. The average molecular weight is 356 g/mol. The van der Waals surface area contributed by atoms with E-state index < -0.39 is 5.97 Å². The normalized spacial score (nSPS) is 16.8. The van der Waals surface area contributed by atoms with E-state index in [9.17, 15) is 9.59 Å². The molecule has 0 aromatic carbocycles. The zero-order chi connectivity index (χ0) is 16.1. The number of carbonyl (C=O) groups excluding carboxylic acids is 1. The molecular formula is C15H17NO3S3. The molecule has 0 unspecified atom stereocenters. The van der Waals surface area contributed by atoms with Crippen molar-refractivity contribution in [3.8, 4) is 0 Å². The first-order valence-electron chi connectivity index (χ1n) is 7.00. The fourth-order valence-electron chi connectivity index (χ4n) is 2.07. The van der Waals surface area contributed by atoms with Crippen LogP contribution in [0.25, 0.3) is 6.08 Å². The second-order valence-electron chi connectivity index (χ2n) is 5.01. The second kappa shape index (κ2) is 7.89. The van der Waals surface area contributed by atoms with Gasteiger partial charge >= 0.3 is 5.97 Å². The monoisotopic (exact) mass is 355 g/mol. The molecule has 4 nitrogen and oxygen atoms in total. The number of aliphatic carboxylic acids is 1. The first kappa shape index (κ1) is 17.2. The summed E-state index contributed by atoms with van der Waals surface area (Å²) in [5, 5.41) is 10.6. The minimum Gasteiger partial charge on any atom is -0.481 e. The topological polar surface area (TPSA) is 57.6 Å². The molecule has 1 saturated heterocycles. The maximum Gasteiger partial charge on any atom is 0.303 e. The van der Waals surface area contributed by atoms with Crippen LogP contribution in [0, 0.1) is 6.92 Å². The molecule has 118 valence electrons. The van der Waals surface area contributed by atoms with Gasteiger partial charge in [0.15, 0.2) is 0 Å². The summed E-state index contributed by atoms with van der Waals surface area (Å²) < 4.78 is 0.587. The molecule has 0 saturated carbocycles. The largest absolute Gasteiger partial charge is 0.481 e. The summed E-state index contributed by atoms with van der Waals surface area (Å²) in [6, 6.07) is 2.03. The Morgan fingerprint density at radius 3 is 2.82 bits per heavy atom. The molecule has 1 aliphatic rings. The van der Waals surface area contributed by atoms with Gasteiger partial charge in [0.05, 0.1) is 4.91 Å². The van der Waals surface area contributed by atoms with Crippen molar-refractivity contribution < 1.29 is 14.7 Å². The van der Waals surface area contributed by atoms with Gasteiger partial charge in [-0.25, -0.2) is 0 Å².